The smallest absolute Gasteiger partial charge is 0.136 e. The summed E-state index contributed by atoms with van der Waals surface area (Å²) in [5.74, 6) is 1.50. The Kier molecular flexibility index (Phi) is 8.13. The van der Waals surface area contributed by atoms with Gasteiger partial charge in [-0.2, -0.15) is 0 Å². The highest BCUT2D eigenvalue weighted by molar-refractivity contribution is 5.52. The molecular weight excluding hydrogens is 383 g/mol. The van der Waals surface area contributed by atoms with Crippen LogP contribution in [-0.4, -0.2) is 72.0 Å². The third kappa shape index (κ3) is 5.97. The molecule has 1 unspecified atom stereocenters. The second-order valence-corrected chi connectivity index (χ2v) is 7.78. The summed E-state index contributed by atoms with van der Waals surface area (Å²) in [7, 11) is 0. The first-order valence-electron chi connectivity index (χ1n) is 10.8. The van der Waals surface area contributed by atoms with Gasteiger partial charge in [0.15, 0.2) is 0 Å². The van der Waals surface area contributed by atoms with Crippen molar-refractivity contribution in [2.24, 2.45) is 0 Å². The van der Waals surface area contributed by atoms with E-state index in [2.05, 4.69) is 21.7 Å². The zero-order valence-corrected chi connectivity index (χ0v) is 18.3. The van der Waals surface area contributed by atoms with Crippen LogP contribution in [0.2, 0.25) is 0 Å². The minimum Gasteiger partial charge on any atom is -0.389 e. The maximum Gasteiger partial charge on any atom is 0.136 e. The number of halogens is 1. The molecule has 1 N–H and O–H groups in total. The summed E-state index contributed by atoms with van der Waals surface area (Å²) >= 11 is 0. The van der Waals surface area contributed by atoms with Crippen LogP contribution < -0.4 is 4.90 Å². The Morgan fingerprint density at radius 3 is 2.60 bits per heavy atom. The highest BCUT2D eigenvalue weighted by Crippen LogP contribution is 2.26. The second-order valence-electron chi connectivity index (χ2n) is 7.78. The van der Waals surface area contributed by atoms with E-state index in [1.165, 1.54) is 6.07 Å². The fourth-order valence-electron chi connectivity index (χ4n) is 3.97. The van der Waals surface area contributed by atoms with E-state index in [1.807, 2.05) is 19.9 Å². The maximum absolute atomic E-state index is 13.7. The number of hydrogen-bond donors (Lipinski definition) is 1. The molecule has 1 aliphatic heterocycles. The van der Waals surface area contributed by atoms with E-state index in [4.69, 9.17) is 9.72 Å². The van der Waals surface area contributed by atoms with Gasteiger partial charge in [0.1, 0.15) is 17.5 Å². The van der Waals surface area contributed by atoms with Crippen LogP contribution in [0.3, 0.4) is 0 Å². The lowest BCUT2D eigenvalue weighted by Gasteiger charge is -2.37. The number of hydrogen-bond acceptors (Lipinski definition) is 6. The third-order valence-electron chi connectivity index (χ3n) is 5.44. The van der Waals surface area contributed by atoms with Crippen molar-refractivity contribution in [3.8, 4) is 0 Å². The van der Waals surface area contributed by atoms with Crippen LogP contribution in [0, 0.1) is 12.7 Å². The van der Waals surface area contributed by atoms with Gasteiger partial charge in [0.05, 0.1) is 12.7 Å². The molecule has 0 saturated carbocycles. The quantitative estimate of drug-likeness (QED) is 0.678. The van der Waals surface area contributed by atoms with Crippen LogP contribution in [0.4, 0.5) is 10.2 Å². The van der Waals surface area contributed by atoms with Crippen LogP contribution >= 0.6 is 0 Å². The van der Waals surface area contributed by atoms with E-state index < -0.39 is 6.10 Å². The van der Waals surface area contributed by atoms with Gasteiger partial charge >= 0.3 is 0 Å². The first-order chi connectivity index (χ1) is 14.5. The Balaban J connectivity index is 1.75. The van der Waals surface area contributed by atoms with Crippen molar-refractivity contribution in [1.29, 1.82) is 0 Å². The SMILES string of the molecule is CCOCC(O)CN1CCN(c2nc(C)nc(CC)c2Cc2cccc(F)c2)CC1. The van der Waals surface area contributed by atoms with Crippen molar-refractivity contribution in [1.82, 2.24) is 14.9 Å². The first-order valence-corrected chi connectivity index (χ1v) is 10.8. The fraction of sp³-hybridized carbons (Fsp3) is 0.565. The predicted molar refractivity (Wildman–Crippen MR) is 117 cm³/mol. The molecule has 2 heterocycles. The highest BCUT2D eigenvalue weighted by atomic mass is 19.1. The number of aliphatic hydroxyl groups is 1. The molecule has 6 nitrogen and oxygen atoms in total. The monoisotopic (exact) mass is 416 g/mol. The summed E-state index contributed by atoms with van der Waals surface area (Å²) in [5, 5.41) is 10.1. The number of aliphatic hydroxyl groups excluding tert-OH is 1. The number of aromatic nitrogens is 2. The summed E-state index contributed by atoms with van der Waals surface area (Å²) in [6.45, 7) is 10.9. The fourth-order valence-corrected chi connectivity index (χ4v) is 3.97. The second kappa shape index (κ2) is 10.8. The molecule has 0 spiro atoms. The number of aryl methyl sites for hydroxylation is 2. The lowest BCUT2D eigenvalue weighted by molar-refractivity contribution is 0.0202. The van der Waals surface area contributed by atoms with Gasteiger partial charge in [-0.3, -0.25) is 4.90 Å². The number of nitrogens with zero attached hydrogens (tertiary/aromatic N) is 4. The molecule has 1 saturated heterocycles. The molecule has 0 bridgehead atoms. The van der Waals surface area contributed by atoms with Crippen LogP contribution in [0.1, 0.15) is 36.5 Å². The van der Waals surface area contributed by atoms with Crippen molar-refractivity contribution in [2.75, 3.05) is 50.8 Å². The zero-order chi connectivity index (χ0) is 21.5. The summed E-state index contributed by atoms with van der Waals surface area (Å²) in [4.78, 5) is 14.0. The molecule has 30 heavy (non-hydrogen) atoms. The van der Waals surface area contributed by atoms with E-state index >= 15 is 0 Å². The predicted octanol–water partition coefficient (Wildman–Crippen LogP) is 2.60. The van der Waals surface area contributed by atoms with Crippen molar-refractivity contribution >= 4 is 5.82 Å². The summed E-state index contributed by atoms with van der Waals surface area (Å²) in [6.07, 6.45) is 0.960. The molecule has 0 aliphatic carbocycles. The summed E-state index contributed by atoms with van der Waals surface area (Å²) in [5.41, 5.74) is 3.03. The lowest BCUT2D eigenvalue weighted by atomic mass is 10.0. The number of β-amino-alcohol motifs (C(OH)–C–C–N with tert-alkyl or cyclic N) is 1. The average Bonchev–Trinajstić information content (AvgIpc) is 2.74. The molecule has 1 aromatic heterocycles. The molecular formula is C23H33FN4O2. The molecule has 7 heteroatoms. The van der Waals surface area contributed by atoms with E-state index in [-0.39, 0.29) is 5.82 Å². The minimum atomic E-state index is -0.465. The highest BCUT2D eigenvalue weighted by Gasteiger charge is 2.24. The van der Waals surface area contributed by atoms with Crippen molar-refractivity contribution in [3.05, 3.63) is 52.7 Å². The van der Waals surface area contributed by atoms with Gasteiger partial charge in [-0.05, 0) is 38.0 Å². The van der Waals surface area contributed by atoms with Gasteiger partial charge in [-0.1, -0.05) is 19.1 Å². The van der Waals surface area contributed by atoms with Crippen molar-refractivity contribution < 1.29 is 14.2 Å². The molecule has 1 atom stereocenters. The molecule has 1 fully saturated rings. The van der Waals surface area contributed by atoms with Crippen LogP contribution in [-0.2, 0) is 17.6 Å². The number of ether oxygens (including phenoxy) is 1. The molecule has 0 amide bonds. The number of rotatable bonds is 9. The molecule has 164 valence electrons. The van der Waals surface area contributed by atoms with E-state index in [0.717, 1.165) is 61.1 Å². The Labute approximate surface area is 178 Å². The normalized spacial score (nSPS) is 16.1. The Morgan fingerprint density at radius 1 is 1.17 bits per heavy atom. The van der Waals surface area contributed by atoms with Crippen molar-refractivity contribution in [2.45, 2.75) is 39.7 Å². The first kappa shape index (κ1) is 22.6. The molecule has 3 rings (SSSR count). The minimum absolute atomic E-state index is 0.223. The third-order valence-corrected chi connectivity index (χ3v) is 5.44. The van der Waals surface area contributed by atoms with Gasteiger partial charge < -0.3 is 14.7 Å². The largest absolute Gasteiger partial charge is 0.389 e. The molecule has 2 aromatic rings. The van der Waals surface area contributed by atoms with Gasteiger partial charge in [-0.15, -0.1) is 0 Å². The Hall–Kier alpha value is -2.09. The molecule has 1 aliphatic rings. The topological polar surface area (TPSA) is 61.7 Å². The Bertz CT molecular complexity index is 825. The number of benzene rings is 1. The summed E-state index contributed by atoms with van der Waals surface area (Å²) < 4.78 is 19.0. The van der Waals surface area contributed by atoms with Crippen LogP contribution in [0.25, 0.3) is 0 Å². The number of anilines is 1. The zero-order valence-electron chi connectivity index (χ0n) is 18.3. The van der Waals surface area contributed by atoms with E-state index in [1.54, 1.807) is 12.1 Å². The lowest BCUT2D eigenvalue weighted by Crippen LogP contribution is -2.49. The summed E-state index contributed by atoms with van der Waals surface area (Å²) in [6, 6.07) is 6.75. The van der Waals surface area contributed by atoms with Gasteiger partial charge in [0, 0.05) is 57.0 Å². The molecule has 1 aromatic carbocycles. The standard InChI is InChI=1S/C23H33FN4O2/c1-4-22-21(14-18-7-6-8-19(24)13-18)23(26-17(3)25-22)28-11-9-27(10-12-28)15-20(29)16-30-5-2/h6-8,13,20,29H,4-5,9-12,14-16H2,1-3H3. The molecule has 0 radical (unpaired) electrons. The van der Waals surface area contributed by atoms with Gasteiger partial charge in [0.25, 0.3) is 0 Å². The Morgan fingerprint density at radius 2 is 1.93 bits per heavy atom. The number of piperazine rings is 1. The maximum atomic E-state index is 13.7. The van der Waals surface area contributed by atoms with E-state index in [0.29, 0.717) is 26.2 Å². The van der Waals surface area contributed by atoms with Crippen LogP contribution in [0.5, 0.6) is 0 Å². The van der Waals surface area contributed by atoms with Crippen molar-refractivity contribution in [3.63, 3.8) is 0 Å². The van der Waals surface area contributed by atoms with Gasteiger partial charge in [-0.25, -0.2) is 14.4 Å². The van der Waals surface area contributed by atoms with E-state index in [9.17, 15) is 9.50 Å². The van der Waals surface area contributed by atoms with Gasteiger partial charge in [0.2, 0.25) is 0 Å². The average molecular weight is 417 g/mol. The van der Waals surface area contributed by atoms with Crippen LogP contribution in [0.15, 0.2) is 24.3 Å².